The van der Waals surface area contributed by atoms with E-state index in [-0.39, 0.29) is 12.3 Å². The number of aliphatic hydroxyl groups excluding tert-OH is 1. The Morgan fingerprint density at radius 3 is 2.22 bits per heavy atom. The van der Waals surface area contributed by atoms with Crippen LogP contribution in [0.2, 0.25) is 0 Å². The van der Waals surface area contributed by atoms with Gasteiger partial charge < -0.3 is 30.3 Å². The molecule has 0 saturated heterocycles. The number of nitrogens with one attached hydrogen (secondary N) is 2. The van der Waals surface area contributed by atoms with Gasteiger partial charge in [0, 0.05) is 6.54 Å². The van der Waals surface area contributed by atoms with Gasteiger partial charge >= 0.3 is 5.97 Å². The van der Waals surface area contributed by atoms with Gasteiger partial charge in [-0.25, -0.2) is 0 Å². The van der Waals surface area contributed by atoms with E-state index in [0.29, 0.717) is 13.2 Å². The highest BCUT2D eigenvalue weighted by Gasteiger charge is 2.14. The smallest absolute Gasteiger partial charge is 0.307 e. The molecule has 0 aromatic heterocycles. The standard InChI is InChI=1S/C28H40N2O6/c1-5-22-15-21(16-26(33)34)13-19(3)28(22)36-24-14-20(4)27(23(6-2)17-24)35-12-8-10-29-9-7-11-30-25(32)18-31/h13-15,17,29,31H,5-12,16,18H2,1-4H3,(H,30,32)(H,33,34). The number of amides is 1. The molecule has 0 saturated carbocycles. The first-order valence-electron chi connectivity index (χ1n) is 12.7. The average Bonchev–Trinajstić information content (AvgIpc) is 2.84. The van der Waals surface area contributed by atoms with Crippen LogP contribution >= 0.6 is 0 Å². The van der Waals surface area contributed by atoms with Gasteiger partial charge in [-0.05, 0) is 92.6 Å². The quantitative estimate of drug-likeness (QED) is 0.260. The van der Waals surface area contributed by atoms with Gasteiger partial charge in [-0.3, -0.25) is 9.59 Å². The van der Waals surface area contributed by atoms with Crippen molar-refractivity contribution in [2.24, 2.45) is 0 Å². The number of carbonyl (C=O) groups is 2. The molecule has 0 heterocycles. The van der Waals surface area contributed by atoms with E-state index in [2.05, 4.69) is 17.6 Å². The van der Waals surface area contributed by atoms with Gasteiger partial charge in [-0.2, -0.15) is 0 Å². The third kappa shape index (κ3) is 9.17. The molecule has 0 spiro atoms. The lowest BCUT2D eigenvalue weighted by Crippen LogP contribution is -2.29. The Kier molecular flexibility index (Phi) is 12.2. The molecule has 1 amide bonds. The number of rotatable bonds is 16. The molecule has 0 unspecified atom stereocenters. The molecule has 2 aromatic rings. The average molecular weight is 501 g/mol. The van der Waals surface area contributed by atoms with E-state index in [4.69, 9.17) is 19.7 Å². The third-order valence-corrected chi connectivity index (χ3v) is 5.81. The van der Waals surface area contributed by atoms with Crippen LogP contribution in [0, 0.1) is 13.8 Å². The molecule has 0 atom stereocenters. The van der Waals surface area contributed by atoms with Crippen molar-refractivity contribution in [1.82, 2.24) is 10.6 Å². The lowest BCUT2D eigenvalue weighted by atomic mass is 10.0. The summed E-state index contributed by atoms with van der Waals surface area (Å²) in [6, 6.07) is 7.80. The minimum atomic E-state index is -0.844. The molecule has 2 aromatic carbocycles. The molecular weight excluding hydrogens is 460 g/mol. The van der Waals surface area contributed by atoms with Crippen molar-refractivity contribution >= 4 is 11.9 Å². The number of carboxylic acid groups (broad SMARTS) is 1. The molecule has 4 N–H and O–H groups in total. The Morgan fingerprint density at radius 1 is 0.889 bits per heavy atom. The van der Waals surface area contributed by atoms with E-state index in [1.54, 1.807) is 0 Å². The second-order valence-electron chi connectivity index (χ2n) is 8.82. The monoisotopic (exact) mass is 500 g/mol. The summed E-state index contributed by atoms with van der Waals surface area (Å²) in [7, 11) is 0. The number of carboxylic acids is 1. The van der Waals surface area contributed by atoms with Crippen molar-refractivity contribution < 1.29 is 29.3 Å². The first-order chi connectivity index (χ1) is 17.3. The predicted molar refractivity (Wildman–Crippen MR) is 140 cm³/mol. The Hall–Kier alpha value is -3.10. The summed E-state index contributed by atoms with van der Waals surface area (Å²) in [4.78, 5) is 22.1. The molecule has 0 bridgehead atoms. The summed E-state index contributed by atoms with van der Waals surface area (Å²) in [6.45, 7) is 10.3. The second kappa shape index (κ2) is 15.1. The molecule has 2 rings (SSSR count). The molecule has 0 radical (unpaired) electrons. The van der Waals surface area contributed by atoms with Crippen LogP contribution < -0.4 is 20.1 Å². The highest BCUT2D eigenvalue weighted by atomic mass is 16.5. The second-order valence-corrected chi connectivity index (χ2v) is 8.82. The van der Waals surface area contributed by atoms with Gasteiger partial charge in [0.05, 0.1) is 13.0 Å². The molecule has 198 valence electrons. The molecule has 8 heteroatoms. The number of aryl methyl sites for hydroxylation is 4. The molecule has 0 aliphatic rings. The SMILES string of the molecule is CCc1cc(Oc2c(C)cc(CC(=O)O)cc2CC)cc(C)c1OCCCNCCCNC(=O)CO. The lowest BCUT2D eigenvalue weighted by Gasteiger charge is -2.18. The topological polar surface area (TPSA) is 117 Å². The number of aliphatic hydroxyl groups is 1. The highest BCUT2D eigenvalue weighted by Crippen LogP contribution is 2.35. The summed E-state index contributed by atoms with van der Waals surface area (Å²) in [6.07, 6.45) is 3.20. The maximum absolute atomic E-state index is 11.1. The molecular formula is C28H40N2O6. The summed E-state index contributed by atoms with van der Waals surface area (Å²) >= 11 is 0. The van der Waals surface area contributed by atoms with Crippen LogP contribution in [-0.2, 0) is 28.9 Å². The van der Waals surface area contributed by atoms with Crippen molar-refractivity contribution in [3.8, 4) is 17.2 Å². The van der Waals surface area contributed by atoms with E-state index in [1.165, 1.54) is 0 Å². The predicted octanol–water partition coefficient (Wildman–Crippen LogP) is 3.70. The van der Waals surface area contributed by atoms with Crippen LogP contribution in [0.4, 0.5) is 0 Å². The first-order valence-corrected chi connectivity index (χ1v) is 12.7. The van der Waals surface area contributed by atoms with E-state index < -0.39 is 12.6 Å². The van der Waals surface area contributed by atoms with Crippen LogP contribution in [0.25, 0.3) is 0 Å². The zero-order valence-electron chi connectivity index (χ0n) is 21.9. The molecule has 36 heavy (non-hydrogen) atoms. The summed E-state index contributed by atoms with van der Waals surface area (Å²) in [5, 5.41) is 23.8. The summed E-state index contributed by atoms with van der Waals surface area (Å²) in [5.74, 6) is 1.22. The van der Waals surface area contributed by atoms with Crippen molar-refractivity contribution in [2.45, 2.75) is 59.8 Å². The normalized spacial score (nSPS) is 10.8. The highest BCUT2D eigenvalue weighted by molar-refractivity contribution is 5.76. The van der Waals surface area contributed by atoms with E-state index >= 15 is 0 Å². The Balaban J connectivity index is 1.95. The largest absolute Gasteiger partial charge is 0.493 e. The van der Waals surface area contributed by atoms with Crippen LogP contribution in [0.3, 0.4) is 0 Å². The maximum atomic E-state index is 11.1. The summed E-state index contributed by atoms with van der Waals surface area (Å²) in [5.41, 5.74) is 4.78. The molecule has 0 aliphatic carbocycles. The minimum Gasteiger partial charge on any atom is -0.493 e. The number of hydrogen-bond donors (Lipinski definition) is 4. The lowest BCUT2D eigenvalue weighted by molar-refractivity contribution is -0.136. The van der Waals surface area contributed by atoms with Crippen molar-refractivity contribution in [3.05, 3.63) is 52.1 Å². The fraction of sp³-hybridized carbons (Fsp3) is 0.500. The van der Waals surface area contributed by atoms with Crippen molar-refractivity contribution in [1.29, 1.82) is 0 Å². The van der Waals surface area contributed by atoms with Gasteiger partial charge in [-0.1, -0.05) is 26.0 Å². The van der Waals surface area contributed by atoms with Gasteiger partial charge in [-0.15, -0.1) is 0 Å². The number of aliphatic carboxylic acids is 1. The Bertz CT molecular complexity index is 1020. The van der Waals surface area contributed by atoms with Gasteiger partial charge in [0.15, 0.2) is 0 Å². The molecule has 0 fully saturated rings. The van der Waals surface area contributed by atoms with Crippen LogP contribution in [-0.4, -0.2) is 54.9 Å². The third-order valence-electron chi connectivity index (χ3n) is 5.81. The van der Waals surface area contributed by atoms with E-state index in [1.807, 2.05) is 45.0 Å². The first kappa shape index (κ1) is 29.1. The number of benzene rings is 2. The fourth-order valence-corrected chi connectivity index (χ4v) is 4.06. The molecule has 8 nitrogen and oxygen atoms in total. The Labute approximate surface area is 214 Å². The maximum Gasteiger partial charge on any atom is 0.307 e. The fourth-order valence-electron chi connectivity index (χ4n) is 4.06. The number of hydrogen-bond acceptors (Lipinski definition) is 6. The zero-order chi connectivity index (χ0) is 26.5. The Morgan fingerprint density at radius 2 is 1.56 bits per heavy atom. The number of ether oxygens (including phenoxy) is 2. The number of carbonyl (C=O) groups excluding carboxylic acids is 1. The van der Waals surface area contributed by atoms with E-state index in [0.717, 1.165) is 83.8 Å². The van der Waals surface area contributed by atoms with E-state index in [9.17, 15) is 9.59 Å². The zero-order valence-corrected chi connectivity index (χ0v) is 21.9. The van der Waals surface area contributed by atoms with Crippen LogP contribution in [0.15, 0.2) is 24.3 Å². The van der Waals surface area contributed by atoms with Crippen LogP contribution in [0.5, 0.6) is 17.2 Å². The van der Waals surface area contributed by atoms with Crippen molar-refractivity contribution in [2.75, 3.05) is 32.8 Å². The summed E-state index contributed by atoms with van der Waals surface area (Å²) < 4.78 is 12.5. The van der Waals surface area contributed by atoms with Crippen molar-refractivity contribution in [3.63, 3.8) is 0 Å². The van der Waals surface area contributed by atoms with Crippen LogP contribution in [0.1, 0.15) is 54.5 Å². The van der Waals surface area contributed by atoms with Gasteiger partial charge in [0.1, 0.15) is 23.9 Å². The van der Waals surface area contributed by atoms with Gasteiger partial charge in [0.2, 0.25) is 5.91 Å². The minimum absolute atomic E-state index is 0.00237. The molecule has 0 aliphatic heterocycles. The van der Waals surface area contributed by atoms with Gasteiger partial charge in [0.25, 0.3) is 0 Å².